The van der Waals surface area contributed by atoms with Gasteiger partial charge in [0.05, 0.1) is 0 Å². The lowest BCUT2D eigenvalue weighted by Crippen LogP contribution is -2.53. The van der Waals surface area contributed by atoms with E-state index in [1.54, 1.807) is 0 Å². The molecule has 1 fully saturated rings. The van der Waals surface area contributed by atoms with E-state index < -0.39 is 18.3 Å². The average molecular weight is 267 g/mol. The van der Waals surface area contributed by atoms with Crippen LogP contribution in [0.4, 0.5) is 13.2 Å². The largest absolute Gasteiger partial charge is 0.471 e. The van der Waals surface area contributed by atoms with Crippen LogP contribution in [0.25, 0.3) is 0 Å². The molecule has 0 saturated carbocycles. The van der Waals surface area contributed by atoms with Gasteiger partial charge in [0, 0.05) is 13.7 Å². The van der Waals surface area contributed by atoms with E-state index in [-0.39, 0.29) is 17.9 Å². The van der Waals surface area contributed by atoms with Crippen LogP contribution in [-0.2, 0) is 9.53 Å². The summed E-state index contributed by atoms with van der Waals surface area (Å²) in [5, 5.41) is 0. The molecule has 0 aliphatic carbocycles. The number of ether oxygens (including phenoxy) is 1. The number of likely N-dealkylation sites (tertiary alicyclic amines) is 1. The van der Waals surface area contributed by atoms with Crippen LogP contribution in [-0.4, -0.2) is 36.9 Å². The first kappa shape index (κ1) is 15.3. The second-order valence-corrected chi connectivity index (χ2v) is 5.77. The predicted octanol–water partition coefficient (Wildman–Crippen LogP) is 2.81. The van der Waals surface area contributed by atoms with E-state index in [0.717, 1.165) is 4.90 Å². The molecule has 1 heterocycles. The van der Waals surface area contributed by atoms with Crippen molar-refractivity contribution in [2.24, 2.45) is 11.3 Å². The topological polar surface area (TPSA) is 29.5 Å². The minimum absolute atomic E-state index is 0.00412. The van der Waals surface area contributed by atoms with Crippen LogP contribution >= 0.6 is 0 Å². The summed E-state index contributed by atoms with van der Waals surface area (Å²) in [5.74, 6) is -1.55. The number of hydrogen-bond donors (Lipinski definition) is 0. The van der Waals surface area contributed by atoms with Gasteiger partial charge in [0.25, 0.3) is 0 Å². The Bertz CT molecular complexity index is 309. The fourth-order valence-corrected chi connectivity index (χ4v) is 2.33. The van der Waals surface area contributed by atoms with Crippen molar-refractivity contribution in [3.05, 3.63) is 0 Å². The molecular weight excluding hydrogens is 247 g/mol. The third-order valence-corrected chi connectivity index (χ3v) is 3.55. The Balaban J connectivity index is 2.79. The van der Waals surface area contributed by atoms with Crippen molar-refractivity contribution in [3.63, 3.8) is 0 Å². The van der Waals surface area contributed by atoms with E-state index in [0.29, 0.717) is 12.8 Å². The Morgan fingerprint density at radius 2 is 1.83 bits per heavy atom. The lowest BCUT2D eigenvalue weighted by atomic mass is 9.74. The monoisotopic (exact) mass is 267 g/mol. The zero-order valence-electron chi connectivity index (χ0n) is 11.2. The molecule has 1 amide bonds. The lowest BCUT2D eigenvalue weighted by molar-refractivity contribution is -0.201. The first-order valence-electron chi connectivity index (χ1n) is 5.98. The zero-order chi connectivity index (χ0) is 14.1. The van der Waals surface area contributed by atoms with Crippen molar-refractivity contribution in [2.45, 2.75) is 46.0 Å². The van der Waals surface area contributed by atoms with Gasteiger partial charge in [-0.15, -0.1) is 0 Å². The molecule has 3 nitrogen and oxygen atoms in total. The number of rotatable bonds is 1. The molecule has 0 aromatic rings. The zero-order valence-corrected chi connectivity index (χ0v) is 11.2. The van der Waals surface area contributed by atoms with Gasteiger partial charge in [0.1, 0.15) is 6.23 Å². The van der Waals surface area contributed by atoms with E-state index in [4.69, 9.17) is 4.74 Å². The molecule has 0 bridgehead atoms. The minimum atomic E-state index is -4.83. The molecule has 1 aliphatic rings. The number of carbonyl (C=O) groups is 1. The highest BCUT2D eigenvalue weighted by atomic mass is 19.4. The number of halogens is 3. The number of carbonyl (C=O) groups excluding carboxylic acids is 1. The molecule has 1 aliphatic heterocycles. The highest BCUT2D eigenvalue weighted by Gasteiger charge is 2.47. The highest BCUT2D eigenvalue weighted by Crippen LogP contribution is 2.38. The van der Waals surface area contributed by atoms with Crippen LogP contribution < -0.4 is 0 Å². The third kappa shape index (κ3) is 3.37. The molecule has 106 valence electrons. The normalized spacial score (nSPS) is 26.3. The summed E-state index contributed by atoms with van der Waals surface area (Å²) < 4.78 is 42.3. The van der Waals surface area contributed by atoms with E-state index in [9.17, 15) is 18.0 Å². The summed E-state index contributed by atoms with van der Waals surface area (Å²) in [6.45, 7) is 6.24. The van der Waals surface area contributed by atoms with E-state index in [1.165, 1.54) is 7.11 Å². The summed E-state index contributed by atoms with van der Waals surface area (Å²) in [5.41, 5.74) is 0.00412. The number of amides is 1. The molecule has 0 aromatic heterocycles. The molecule has 0 radical (unpaired) electrons. The van der Waals surface area contributed by atoms with Crippen molar-refractivity contribution in [2.75, 3.05) is 13.7 Å². The first-order valence-corrected chi connectivity index (χ1v) is 5.98. The van der Waals surface area contributed by atoms with Crippen molar-refractivity contribution >= 4 is 5.91 Å². The smallest absolute Gasteiger partial charge is 0.362 e. The van der Waals surface area contributed by atoms with Gasteiger partial charge in [-0.2, -0.15) is 13.2 Å². The quantitative estimate of drug-likeness (QED) is 0.731. The Kier molecular flexibility index (Phi) is 4.30. The first-order chi connectivity index (χ1) is 8.07. The molecule has 2 atom stereocenters. The van der Waals surface area contributed by atoms with Gasteiger partial charge in [-0.05, 0) is 24.2 Å². The lowest BCUT2D eigenvalue weighted by Gasteiger charge is -2.43. The summed E-state index contributed by atoms with van der Waals surface area (Å²) in [6, 6.07) is 0. The Morgan fingerprint density at radius 3 is 2.22 bits per heavy atom. The number of piperidine rings is 1. The van der Waals surface area contributed by atoms with Crippen LogP contribution in [0.5, 0.6) is 0 Å². The van der Waals surface area contributed by atoms with Crippen LogP contribution in [0.15, 0.2) is 0 Å². The number of methoxy groups -OCH3 is 1. The molecule has 0 aromatic carbocycles. The summed E-state index contributed by atoms with van der Waals surface area (Å²) in [6.07, 6.45) is -4.59. The van der Waals surface area contributed by atoms with Gasteiger partial charge in [0.2, 0.25) is 0 Å². The summed E-state index contributed by atoms with van der Waals surface area (Å²) in [7, 11) is 1.34. The maximum Gasteiger partial charge on any atom is 0.471 e. The van der Waals surface area contributed by atoms with Gasteiger partial charge < -0.3 is 9.64 Å². The Morgan fingerprint density at radius 1 is 1.28 bits per heavy atom. The van der Waals surface area contributed by atoms with Crippen molar-refractivity contribution in [1.82, 2.24) is 4.90 Å². The number of alkyl halides is 3. The second-order valence-electron chi connectivity index (χ2n) is 5.77. The van der Waals surface area contributed by atoms with Crippen LogP contribution in [0.1, 0.15) is 33.6 Å². The molecule has 0 unspecified atom stereocenters. The van der Waals surface area contributed by atoms with Crippen molar-refractivity contribution < 1.29 is 22.7 Å². The standard InChI is InChI=1S/C12H20F3NO2/c1-11(2,3)8-5-6-16(9(7-8)18-4)10(17)12(13,14)15/h8-9H,5-7H2,1-4H3/t8-,9+/m1/s1. The number of hydrogen-bond acceptors (Lipinski definition) is 2. The minimum Gasteiger partial charge on any atom is -0.362 e. The highest BCUT2D eigenvalue weighted by molar-refractivity contribution is 5.82. The van der Waals surface area contributed by atoms with Gasteiger partial charge in [-0.3, -0.25) is 4.79 Å². The van der Waals surface area contributed by atoms with E-state index >= 15 is 0 Å². The molecule has 1 rings (SSSR count). The van der Waals surface area contributed by atoms with Crippen molar-refractivity contribution in [3.8, 4) is 0 Å². The van der Waals surface area contributed by atoms with Gasteiger partial charge in [0.15, 0.2) is 0 Å². The Labute approximate surface area is 105 Å². The maximum atomic E-state index is 12.4. The van der Waals surface area contributed by atoms with Crippen LogP contribution in [0.2, 0.25) is 0 Å². The fourth-order valence-electron chi connectivity index (χ4n) is 2.33. The molecule has 18 heavy (non-hydrogen) atoms. The van der Waals surface area contributed by atoms with E-state index in [2.05, 4.69) is 0 Å². The SMILES string of the molecule is CO[C@H]1C[C@H](C(C)(C)C)CCN1C(=O)C(F)(F)F. The molecule has 1 saturated heterocycles. The van der Waals surface area contributed by atoms with Gasteiger partial charge in [-0.1, -0.05) is 20.8 Å². The average Bonchev–Trinajstić information content (AvgIpc) is 2.24. The maximum absolute atomic E-state index is 12.4. The van der Waals surface area contributed by atoms with Crippen molar-refractivity contribution in [1.29, 1.82) is 0 Å². The second kappa shape index (κ2) is 5.07. The fraction of sp³-hybridized carbons (Fsp3) is 0.917. The summed E-state index contributed by atoms with van der Waals surface area (Å²) >= 11 is 0. The Hall–Kier alpha value is -0.780. The number of nitrogens with zero attached hydrogens (tertiary/aromatic N) is 1. The molecule has 0 N–H and O–H groups in total. The molecule has 6 heteroatoms. The van der Waals surface area contributed by atoms with E-state index in [1.807, 2.05) is 20.8 Å². The predicted molar refractivity (Wildman–Crippen MR) is 60.7 cm³/mol. The van der Waals surface area contributed by atoms with Crippen LogP contribution in [0.3, 0.4) is 0 Å². The molecule has 0 spiro atoms. The molecular formula is C12H20F3NO2. The van der Waals surface area contributed by atoms with Crippen LogP contribution in [0, 0.1) is 11.3 Å². The summed E-state index contributed by atoms with van der Waals surface area (Å²) in [4.78, 5) is 12.1. The van der Waals surface area contributed by atoms with Gasteiger partial charge >= 0.3 is 12.1 Å². The van der Waals surface area contributed by atoms with Gasteiger partial charge in [-0.25, -0.2) is 0 Å². The third-order valence-electron chi connectivity index (χ3n) is 3.55.